The van der Waals surface area contributed by atoms with Gasteiger partial charge < -0.3 is 15.5 Å². The third kappa shape index (κ3) is 3.53. The van der Waals surface area contributed by atoms with Gasteiger partial charge in [-0.1, -0.05) is 6.08 Å². The van der Waals surface area contributed by atoms with Crippen LogP contribution in [0, 0.1) is 11.3 Å². The van der Waals surface area contributed by atoms with Crippen molar-refractivity contribution in [1.29, 1.82) is 5.26 Å². The van der Waals surface area contributed by atoms with E-state index in [1.807, 2.05) is 18.2 Å². The number of hydrogen-bond donors (Lipinski definition) is 2. The van der Waals surface area contributed by atoms with Crippen LogP contribution in [0.15, 0.2) is 35.6 Å². The van der Waals surface area contributed by atoms with Gasteiger partial charge in [-0.3, -0.25) is 4.79 Å². The number of nitriles is 1. The lowest BCUT2D eigenvalue weighted by Gasteiger charge is -2.40. The average molecular weight is 286 g/mol. The Morgan fingerprint density at radius 1 is 1.38 bits per heavy atom. The number of amides is 1. The molecule has 0 aromatic rings. The number of hydrogen-bond acceptors (Lipinski definition) is 4. The molecule has 1 aliphatic heterocycles. The summed E-state index contributed by atoms with van der Waals surface area (Å²) in [4.78, 5) is 14.6. The second-order valence-electron chi connectivity index (χ2n) is 5.62. The topological polar surface area (TPSA) is 68.2 Å². The van der Waals surface area contributed by atoms with Crippen molar-refractivity contribution in [3.8, 4) is 6.07 Å². The van der Waals surface area contributed by atoms with E-state index in [1.54, 1.807) is 13.1 Å². The van der Waals surface area contributed by atoms with Crippen LogP contribution in [0.25, 0.3) is 0 Å². The summed E-state index contributed by atoms with van der Waals surface area (Å²) in [5, 5.41) is 15.2. The van der Waals surface area contributed by atoms with Crippen LogP contribution < -0.4 is 10.6 Å². The number of nitrogens with zero attached hydrogens (tertiary/aromatic N) is 2. The third-order valence-corrected chi connectivity index (χ3v) is 4.13. The van der Waals surface area contributed by atoms with Gasteiger partial charge in [0.05, 0.1) is 11.6 Å². The number of carbonyl (C=O) groups is 1. The molecule has 112 valence electrons. The summed E-state index contributed by atoms with van der Waals surface area (Å²) in [6.45, 7) is 1.78. The molecule has 0 unspecified atom stereocenters. The highest BCUT2D eigenvalue weighted by Crippen LogP contribution is 2.24. The van der Waals surface area contributed by atoms with Crippen molar-refractivity contribution >= 4 is 5.91 Å². The predicted octanol–water partition coefficient (Wildman–Crippen LogP) is 1.08. The summed E-state index contributed by atoms with van der Waals surface area (Å²) >= 11 is 0. The molecular formula is C16H22N4O. The van der Waals surface area contributed by atoms with E-state index in [0.29, 0.717) is 12.0 Å². The molecular weight excluding hydrogens is 264 g/mol. The fourth-order valence-electron chi connectivity index (χ4n) is 2.75. The standard InChI is InChI=1S/C16H22N4O/c1-18-15(21)16(8-10-20(2)11-9-16)19-14-5-3-4-13(12-17)6-7-14/h3-4,6-7,19H,5,8-11H2,1-2H3,(H,18,21). The zero-order valence-electron chi connectivity index (χ0n) is 12.6. The Hall–Kier alpha value is -2.06. The molecule has 21 heavy (non-hydrogen) atoms. The van der Waals surface area contributed by atoms with E-state index in [0.717, 1.165) is 31.6 Å². The molecule has 1 heterocycles. The Morgan fingerprint density at radius 2 is 2.10 bits per heavy atom. The Balaban J connectivity index is 2.19. The monoisotopic (exact) mass is 286 g/mol. The minimum Gasteiger partial charge on any atom is -0.374 e. The Morgan fingerprint density at radius 3 is 2.71 bits per heavy atom. The summed E-state index contributed by atoms with van der Waals surface area (Å²) in [6, 6.07) is 2.13. The first-order valence-electron chi connectivity index (χ1n) is 7.26. The molecule has 1 fully saturated rings. The summed E-state index contributed by atoms with van der Waals surface area (Å²) in [7, 11) is 3.75. The Labute approximate surface area is 126 Å². The van der Waals surface area contributed by atoms with Gasteiger partial charge in [0.1, 0.15) is 5.54 Å². The van der Waals surface area contributed by atoms with E-state index < -0.39 is 5.54 Å². The number of allylic oxidation sites excluding steroid dienone is 5. The van der Waals surface area contributed by atoms with Crippen molar-refractivity contribution in [1.82, 2.24) is 15.5 Å². The molecule has 1 aliphatic carbocycles. The molecule has 5 nitrogen and oxygen atoms in total. The van der Waals surface area contributed by atoms with E-state index >= 15 is 0 Å². The summed E-state index contributed by atoms with van der Waals surface area (Å²) in [6.07, 6.45) is 9.72. The van der Waals surface area contributed by atoms with Gasteiger partial charge in [-0.05, 0) is 38.1 Å². The van der Waals surface area contributed by atoms with E-state index in [-0.39, 0.29) is 5.91 Å². The minimum absolute atomic E-state index is 0.0363. The van der Waals surface area contributed by atoms with Crippen LogP contribution in [-0.4, -0.2) is 43.5 Å². The number of nitrogens with one attached hydrogen (secondary N) is 2. The molecule has 5 heteroatoms. The SMILES string of the molecule is CNC(=O)C1(NC2=CC=C(C#N)C=CC2)CCN(C)CC1. The maximum Gasteiger partial charge on any atom is 0.245 e. The van der Waals surface area contributed by atoms with Crippen LogP contribution in [0.1, 0.15) is 19.3 Å². The number of piperidine rings is 1. The lowest BCUT2D eigenvalue weighted by atomic mass is 9.86. The van der Waals surface area contributed by atoms with Crippen molar-refractivity contribution in [3.05, 3.63) is 35.6 Å². The smallest absolute Gasteiger partial charge is 0.245 e. The lowest BCUT2D eigenvalue weighted by molar-refractivity contribution is -0.128. The van der Waals surface area contributed by atoms with Crippen LogP contribution >= 0.6 is 0 Å². The van der Waals surface area contributed by atoms with Gasteiger partial charge in [0.2, 0.25) is 5.91 Å². The molecule has 0 spiro atoms. The molecule has 1 amide bonds. The Kier molecular flexibility index (Phi) is 4.81. The molecule has 0 radical (unpaired) electrons. The van der Waals surface area contributed by atoms with Crippen LogP contribution in [0.5, 0.6) is 0 Å². The van der Waals surface area contributed by atoms with Crippen molar-refractivity contribution in [2.75, 3.05) is 27.2 Å². The van der Waals surface area contributed by atoms with Crippen LogP contribution in [0.4, 0.5) is 0 Å². The highest BCUT2D eigenvalue weighted by atomic mass is 16.2. The minimum atomic E-state index is -0.550. The molecule has 0 bridgehead atoms. The second-order valence-corrected chi connectivity index (χ2v) is 5.62. The summed E-state index contributed by atoms with van der Waals surface area (Å²) in [5.41, 5.74) is 1.06. The zero-order valence-corrected chi connectivity index (χ0v) is 12.6. The molecule has 0 atom stereocenters. The first kappa shape index (κ1) is 15.3. The molecule has 2 rings (SSSR count). The van der Waals surface area contributed by atoms with E-state index in [4.69, 9.17) is 5.26 Å². The molecule has 0 aromatic carbocycles. The highest BCUT2D eigenvalue weighted by molar-refractivity contribution is 5.86. The van der Waals surface area contributed by atoms with Crippen LogP contribution in [-0.2, 0) is 4.79 Å². The van der Waals surface area contributed by atoms with E-state index in [1.165, 1.54) is 0 Å². The van der Waals surface area contributed by atoms with Gasteiger partial charge in [-0.15, -0.1) is 0 Å². The Bertz CT molecular complexity index is 531. The van der Waals surface area contributed by atoms with Gasteiger partial charge in [0.25, 0.3) is 0 Å². The second kappa shape index (κ2) is 6.59. The summed E-state index contributed by atoms with van der Waals surface area (Å²) in [5.74, 6) is 0.0363. The van der Waals surface area contributed by atoms with Crippen molar-refractivity contribution < 1.29 is 4.79 Å². The molecule has 2 N–H and O–H groups in total. The quantitative estimate of drug-likeness (QED) is 0.814. The van der Waals surface area contributed by atoms with Gasteiger partial charge in [-0.25, -0.2) is 0 Å². The van der Waals surface area contributed by atoms with Crippen LogP contribution in [0.2, 0.25) is 0 Å². The summed E-state index contributed by atoms with van der Waals surface area (Å²) < 4.78 is 0. The number of likely N-dealkylation sites (tertiary alicyclic amines) is 1. The first-order chi connectivity index (χ1) is 10.1. The molecule has 2 aliphatic rings. The largest absolute Gasteiger partial charge is 0.374 e. The van der Waals surface area contributed by atoms with E-state index in [9.17, 15) is 4.79 Å². The maximum atomic E-state index is 12.4. The van der Waals surface area contributed by atoms with E-state index in [2.05, 4.69) is 28.7 Å². The molecule has 0 aromatic heterocycles. The normalized spacial score (nSPS) is 21.6. The van der Waals surface area contributed by atoms with Gasteiger partial charge >= 0.3 is 0 Å². The van der Waals surface area contributed by atoms with Crippen molar-refractivity contribution in [2.24, 2.45) is 0 Å². The molecule has 1 saturated heterocycles. The highest BCUT2D eigenvalue weighted by Gasteiger charge is 2.40. The third-order valence-electron chi connectivity index (χ3n) is 4.13. The lowest BCUT2D eigenvalue weighted by Crippen LogP contribution is -2.60. The van der Waals surface area contributed by atoms with Gasteiger partial charge in [0, 0.05) is 32.3 Å². The average Bonchev–Trinajstić information content (AvgIpc) is 2.74. The molecule has 0 saturated carbocycles. The number of likely N-dealkylation sites (N-methyl/N-ethyl adjacent to an activating group) is 1. The van der Waals surface area contributed by atoms with Gasteiger partial charge in [0.15, 0.2) is 0 Å². The fourth-order valence-corrected chi connectivity index (χ4v) is 2.75. The van der Waals surface area contributed by atoms with Crippen molar-refractivity contribution in [3.63, 3.8) is 0 Å². The zero-order chi connectivity index (χ0) is 15.3. The van der Waals surface area contributed by atoms with Crippen LogP contribution in [0.3, 0.4) is 0 Å². The maximum absolute atomic E-state index is 12.4. The fraction of sp³-hybridized carbons (Fsp3) is 0.500. The predicted molar refractivity (Wildman–Crippen MR) is 82.2 cm³/mol. The van der Waals surface area contributed by atoms with Gasteiger partial charge in [-0.2, -0.15) is 5.26 Å². The van der Waals surface area contributed by atoms with Crippen molar-refractivity contribution in [2.45, 2.75) is 24.8 Å². The first-order valence-corrected chi connectivity index (χ1v) is 7.26. The number of carbonyl (C=O) groups excluding carboxylic acids is 1. The number of rotatable bonds is 3.